The molecular formula is C15H19FN2O3. The average molecular weight is 294 g/mol. The van der Waals surface area contributed by atoms with Gasteiger partial charge in [0.15, 0.2) is 0 Å². The lowest BCUT2D eigenvalue weighted by Crippen LogP contribution is -2.36. The summed E-state index contributed by atoms with van der Waals surface area (Å²) in [4.78, 5) is 23.8. The number of amides is 1. The number of hydrogen-bond donors (Lipinski definition) is 0. The van der Waals surface area contributed by atoms with Gasteiger partial charge >= 0.3 is 5.69 Å². The third-order valence-electron chi connectivity index (χ3n) is 4.08. The summed E-state index contributed by atoms with van der Waals surface area (Å²) in [7, 11) is 1.72. The fraction of sp³-hybridized carbons (Fsp3) is 0.533. The Kier molecular flexibility index (Phi) is 4.88. The standard InChI is InChI=1S/C15H19FN2O3/c1-17(12-6-4-2-3-5-7-12)15(19)11-8-9-14(18(20)21)13(16)10-11/h8-10,12H,2-7H2,1H3. The van der Waals surface area contributed by atoms with Gasteiger partial charge in [-0.15, -0.1) is 0 Å². The Hall–Kier alpha value is -1.98. The Labute approximate surface area is 122 Å². The highest BCUT2D eigenvalue weighted by Crippen LogP contribution is 2.24. The molecule has 1 aliphatic rings. The van der Waals surface area contributed by atoms with Crippen LogP contribution in [0, 0.1) is 15.9 Å². The van der Waals surface area contributed by atoms with Gasteiger partial charge in [-0.1, -0.05) is 25.7 Å². The van der Waals surface area contributed by atoms with Crippen molar-refractivity contribution in [1.29, 1.82) is 0 Å². The van der Waals surface area contributed by atoms with Gasteiger partial charge in [-0.2, -0.15) is 4.39 Å². The van der Waals surface area contributed by atoms with Gasteiger partial charge in [0.1, 0.15) is 0 Å². The molecule has 0 N–H and O–H groups in total. The first-order valence-electron chi connectivity index (χ1n) is 7.22. The van der Waals surface area contributed by atoms with Crippen LogP contribution in [0.3, 0.4) is 0 Å². The van der Waals surface area contributed by atoms with Crippen LogP contribution in [0.4, 0.5) is 10.1 Å². The molecule has 2 rings (SSSR count). The highest BCUT2D eigenvalue weighted by Gasteiger charge is 2.24. The molecule has 114 valence electrons. The van der Waals surface area contributed by atoms with E-state index in [1.807, 2.05) is 0 Å². The second kappa shape index (κ2) is 6.65. The number of nitrogens with zero attached hydrogens (tertiary/aromatic N) is 2. The van der Waals surface area contributed by atoms with Crippen molar-refractivity contribution in [2.24, 2.45) is 0 Å². The number of carbonyl (C=O) groups excluding carboxylic acids is 1. The first kappa shape index (κ1) is 15.4. The predicted molar refractivity (Wildman–Crippen MR) is 76.6 cm³/mol. The molecule has 0 bridgehead atoms. The fourth-order valence-electron chi connectivity index (χ4n) is 2.80. The van der Waals surface area contributed by atoms with Gasteiger partial charge in [0.2, 0.25) is 5.82 Å². The first-order valence-corrected chi connectivity index (χ1v) is 7.22. The monoisotopic (exact) mass is 294 g/mol. The fourth-order valence-corrected chi connectivity index (χ4v) is 2.80. The van der Waals surface area contributed by atoms with E-state index in [4.69, 9.17) is 0 Å². The quantitative estimate of drug-likeness (QED) is 0.486. The molecule has 0 aromatic heterocycles. The van der Waals surface area contributed by atoms with E-state index >= 15 is 0 Å². The Bertz CT molecular complexity index is 540. The second-order valence-electron chi connectivity index (χ2n) is 5.48. The van der Waals surface area contributed by atoms with Crippen molar-refractivity contribution < 1.29 is 14.1 Å². The SMILES string of the molecule is CN(C(=O)c1ccc([N+](=O)[O-])c(F)c1)C1CCCCCC1. The Morgan fingerprint density at radius 2 is 1.90 bits per heavy atom. The van der Waals surface area contributed by atoms with E-state index in [9.17, 15) is 19.3 Å². The van der Waals surface area contributed by atoms with Crippen molar-refractivity contribution in [1.82, 2.24) is 4.90 Å². The molecule has 0 radical (unpaired) electrons. The van der Waals surface area contributed by atoms with Gasteiger partial charge in [0, 0.05) is 24.7 Å². The van der Waals surface area contributed by atoms with Crippen LogP contribution in [0.5, 0.6) is 0 Å². The van der Waals surface area contributed by atoms with Crippen LogP contribution in [0.1, 0.15) is 48.9 Å². The number of rotatable bonds is 3. The molecule has 5 nitrogen and oxygen atoms in total. The summed E-state index contributed by atoms with van der Waals surface area (Å²) in [5.74, 6) is -1.25. The van der Waals surface area contributed by atoms with Crippen molar-refractivity contribution >= 4 is 11.6 Å². The number of hydrogen-bond acceptors (Lipinski definition) is 3. The molecule has 0 unspecified atom stereocenters. The zero-order valence-electron chi connectivity index (χ0n) is 12.0. The maximum atomic E-state index is 13.6. The third kappa shape index (κ3) is 3.56. The van der Waals surface area contributed by atoms with Crippen LogP contribution < -0.4 is 0 Å². The molecule has 1 saturated carbocycles. The van der Waals surface area contributed by atoms with Gasteiger partial charge in [0.25, 0.3) is 5.91 Å². The molecule has 0 atom stereocenters. The number of benzene rings is 1. The summed E-state index contributed by atoms with van der Waals surface area (Å²) in [6, 6.07) is 3.48. The number of nitro groups is 1. The molecule has 0 heterocycles. The van der Waals surface area contributed by atoms with Crippen molar-refractivity contribution in [3.8, 4) is 0 Å². The van der Waals surface area contributed by atoms with E-state index in [-0.39, 0.29) is 17.5 Å². The summed E-state index contributed by atoms with van der Waals surface area (Å²) in [6.45, 7) is 0. The average Bonchev–Trinajstić information content (AvgIpc) is 2.74. The van der Waals surface area contributed by atoms with Crippen LogP contribution in [-0.2, 0) is 0 Å². The first-order chi connectivity index (χ1) is 10.0. The molecule has 1 aliphatic carbocycles. The highest BCUT2D eigenvalue weighted by atomic mass is 19.1. The van der Waals surface area contributed by atoms with Gasteiger partial charge < -0.3 is 4.90 Å². The molecule has 0 saturated heterocycles. The zero-order chi connectivity index (χ0) is 15.4. The summed E-state index contributed by atoms with van der Waals surface area (Å²) >= 11 is 0. The van der Waals surface area contributed by atoms with Crippen molar-refractivity contribution in [3.05, 3.63) is 39.7 Å². The summed E-state index contributed by atoms with van der Waals surface area (Å²) in [6.07, 6.45) is 6.47. The van der Waals surface area contributed by atoms with Crippen LogP contribution in [0.2, 0.25) is 0 Å². The number of halogens is 1. The molecule has 1 aromatic carbocycles. The molecule has 6 heteroatoms. The maximum Gasteiger partial charge on any atom is 0.304 e. The molecule has 0 aliphatic heterocycles. The van der Waals surface area contributed by atoms with E-state index in [2.05, 4.69) is 0 Å². The highest BCUT2D eigenvalue weighted by molar-refractivity contribution is 5.94. The minimum atomic E-state index is -0.972. The van der Waals surface area contributed by atoms with Crippen LogP contribution in [-0.4, -0.2) is 28.8 Å². The van der Waals surface area contributed by atoms with Gasteiger partial charge in [0.05, 0.1) is 4.92 Å². The topological polar surface area (TPSA) is 63.5 Å². The van der Waals surface area contributed by atoms with E-state index in [1.165, 1.54) is 18.9 Å². The lowest BCUT2D eigenvalue weighted by molar-refractivity contribution is -0.387. The Morgan fingerprint density at radius 3 is 2.43 bits per heavy atom. The third-order valence-corrected chi connectivity index (χ3v) is 4.08. The maximum absolute atomic E-state index is 13.6. The lowest BCUT2D eigenvalue weighted by atomic mass is 10.1. The van der Waals surface area contributed by atoms with Gasteiger partial charge in [-0.25, -0.2) is 0 Å². The van der Waals surface area contributed by atoms with Crippen LogP contribution in [0.15, 0.2) is 18.2 Å². The lowest BCUT2D eigenvalue weighted by Gasteiger charge is -2.27. The molecule has 1 amide bonds. The van der Waals surface area contributed by atoms with E-state index in [1.54, 1.807) is 11.9 Å². The Morgan fingerprint density at radius 1 is 1.29 bits per heavy atom. The summed E-state index contributed by atoms with van der Waals surface area (Å²) in [5, 5.41) is 10.6. The van der Waals surface area contributed by atoms with Gasteiger partial charge in [-0.3, -0.25) is 14.9 Å². The largest absolute Gasteiger partial charge is 0.339 e. The van der Waals surface area contributed by atoms with Crippen molar-refractivity contribution in [3.63, 3.8) is 0 Å². The van der Waals surface area contributed by atoms with Gasteiger partial charge in [-0.05, 0) is 25.0 Å². The molecule has 1 fully saturated rings. The summed E-state index contributed by atoms with van der Waals surface area (Å²) in [5.41, 5.74) is -0.450. The predicted octanol–water partition coefficient (Wildman–Crippen LogP) is 3.53. The molecule has 21 heavy (non-hydrogen) atoms. The van der Waals surface area contributed by atoms with E-state index < -0.39 is 16.4 Å². The smallest absolute Gasteiger partial charge is 0.304 e. The molecule has 1 aromatic rings. The van der Waals surface area contributed by atoms with Crippen LogP contribution in [0.25, 0.3) is 0 Å². The minimum Gasteiger partial charge on any atom is -0.339 e. The zero-order valence-corrected chi connectivity index (χ0v) is 12.0. The van der Waals surface area contributed by atoms with Crippen molar-refractivity contribution in [2.45, 2.75) is 44.6 Å². The molecular weight excluding hydrogens is 275 g/mol. The van der Waals surface area contributed by atoms with E-state index in [0.717, 1.165) is 37.8 Å². The molecule has 0 spiro atoms. The number of carbonyl (C=O) groups is 1. The van der Waals surface area contributed by atoms with E-state index in [0.29, 0.717) is 0 Å². The summed E-state index contributed by atoms with van der Waals surface area (Å²) < 4.78 is 13.6. The second-order valence-corrected chi connectivity index (χ2v) is 5.48. The normalized spacial score (nSPS) is 16.3. The Balaban J connectivity index is 2.15. The van der Waals surface area contributed by atoms with Crippen molar-refractivity contribution in [2.75, 3.05) is 7.05 Å². The number of nitro benzene ring substituents is 1. The van der Waals surface area contributed by atoms with Crippen LogP contribution >= 0.6 is 0 Å². The minimum absolute atomic E-state index is 0.157.